The number of hydrogen-bond donors (Lipinski definition) is 2. The molecule has 0 aromatic heterocycles. The highest BCUT2D eigenvalue weighted by Crippen LogP contribution is 2.26. The first-order valence-electron chi connectivity index (χ1n) is 7.22. The van der Waals surface area contributed by atoms with Crippen molar-refractivity contribution in [1.82, 2.24) is 0 Å². The van der Waals surface area contributed by atoms with Gasteiger partial charge in [0.25, 0.3) is 0 Å². The maximum Gasteiger partial charge on any atom is 0.337 e. The van der Waals surface area contributed by atoms with Crippen molar-refractivity contribution in [1.29, 1.82) is 0 Å². The topological polar surface area (TPSA) is 66.4 Å². The summed E-state index contributed by atoms with van der Waals surface area (Å²) >= 11 is 0. The number of anilines is 1. The van der Waals surface area contributed by atoms with Crippen LogP contribution in [0.5, 0.6) is 0 Å². The Morgan fingerprint density at radius 1 is 1.29 bits per heavy atom. The summed E-state index contributed by atoms with van der Waals surface area (Å²) in [6.07, 6.45) is 1.34. The summed E-state index contributed by atoms with van der Waals surface area (Å²) in [6, 6.07) is 5.00. The van der Waals surface area contributed by atoms with Gasteiger partial charge in [-0.1, -0.05) is 39.3 Å². The number of carbonyl (C=O) groups is 2. The Kier molecular flexibility index (Phi) is 5.53. The summed E-state index contributed by atoms with van der Waals surface area (Å²) in [7, 11) is 0. The molecule has 1 aromatic carbocycles. The van der Waals surface area contributed by atoms with E-state index < -0.39 is 5.97 Å². The first-order valence-corrected chi connectivity index (χ1v) is 7.22. The van der Waals surface area contributed by atoms with Crippen LogP contribution in [0, 0.1) is 18.3 Å². The monoisotopic (exact) mass is 291 g/mol. The Morgan fingerprint density at radius 2 is 1.90 bits per heavy atom. The van der Waals surface area contributed by atoms with Crippen LogP contribution in [0.3, 0.4) is 0 Å². The zero-order valence-corrected chi connectivity index (χ0v) is 13.5. The fourth-order valence-corrected chi connectivity index (χ4v) is 2.58. The fourth-order valence-electron chi connectivity index (χ4n) is 2.58. The number of aromatic carboxylic acids is 1. The second-order valence-electron chi connectivity index (χ2n) is 6.98. The molecule has 1 unspecified atom stereocenters. The van der Waals surface area contributed by atoms with E-state index in [2.05, 4.69) is 26.1 Å². The minimum Gasteiger partial charge on any atom is -0.478 e. The normalized spacial score (nSPS) is 12.8. The molecule has 0 bridgehead atoms. The van der Waals surface area contributed by atoms with Gasteiger partial charge in [0.1, 0.15) is 0 Å². The fraction of sp³-hybridized carbons (Fsp3) is 0.529. The van der Waals surface area contributed by atoms with Gasteiger partial charge in [-0.25, -0.2) is 4.79 Å². The summed E-state index contributed by atoms with van der Waals surface area (Å²) in [5, 5.41) is 11.9. The molecule has 0 spiro atoms. The molecule has 0 aliphatic carbocycles. The van der Waals surface area contributed by atoms with Crippen molar-refractivity contribution in [2.75, 3.05) is 5.32 Å². The lowest BCUT2D eigenvalue weighted by Gasteiger charge is -2.22. The summed E-state index contributed by atoms with van der Waals surface area (Å²) in [6.45, 7) is 10.3. The van der Waals surface area contributed by atoms with Gasteiger partial charge in [-0.3, -0.25) is 4.79 Å². The van der Waals surface area contributed by atoms with Gasteiger partial charge in [0.05, 0.1) is 11.3 Å². The van der Waals surface area contributed by atoms with E-state index >= 15 is 0 Å². The Hall–Kier alpha value is -1.84. The molecule has 1 atom stereocenters. The number of benzene rings is 1. The lowest BCUT2D eigenvalue weighted by Crippen LogP contribution is -2.20. The highest BCUT2D eigenvalue weighted by molar-refractivity contribution is 6.00. The zero-order chi connectivity index (χ0) is 16.2. The number of carboxylic acid groups (broad SMARTS) is 1. The van der Waals surface area contributed by atoms with Crippen LogP contribution in [0.25, 0.3) is 0 Å². The molecule has 21 heavy (non-hydrogen) atoms. The summed E-state index contributed by atoms with van der Waals surface area (Å²) in [5.41, 5.74) is 1.52. The van der Waals surface area contributed by atoms with Crippen molar-refractivity contribution in [3.05, 3.63) is 29.3 Å². The van der Waals surface area contributed by atoms with E-state index in [1.807, 2.05) is 13.8 Å². The van der Waals surface area contributed by atoms with Crippen molar-refractivity contribution in [2.24, 2.45) is 11.3 Å². The number of aryl methyl sites for hydroxylation is 1. The van der Waals surface area contributed by atoms with E-state index in [0.717, 1.165) is 12.0 Å². The van der Waals surface area contributed by atoms with Crippen LogP contribution in [0.1, 0.15) is 56.5 Å². The maximum absolute atomic E-state index is 12.1. The van der Waals surface area contributed by atoms with E-state index in [-0.39, 0.29) is 22.8 Å². The molecule has 0 heterocycles. The third-order valence-corrected chi connectivity index (χ3v) is 3.17. The van der Waals surface area contributed by atoms with Crippen molar-refractivity contribution in [3.63, 3.8) is 0 Å². The summed E-state index contributed by atoms with van der Waals surface area (Å²) in [4.78, 5) is 23.3. The zero-order valence-electron chi connectivity index (χ0n) is 13.5. The molecule has 4 heteroatoms. The van der Waals surface area contributed by atoms with Crippen molar-refractivity contribution in [3.8, 4) is 0 Å². The molecule has 0 saturated carbocycles. The number of rotatable bonds is 5. The minimum atomic E-state index is -1.03. The van der Waals surface area contributed by atoms with Crippen LogP contribution in [0.4, 0.5) is 5.69 Å². The average molecular weight is 291 g/mol. The number of carboxylic acids is 1. The van der Waals surface area contributed by atoms with Crippen LogP contribution in [-0.2, 0) is 4.79 Å². The second kappa shape index (κ2) is 6.74. The number of hydrogen-bond acceptors (Lipinski definition) is 2. The molecule has 1 rings (SSSR count). The van der Waals surface area contributed by atoms with Crippen LogP contribution >= 0.6 is 0 Å². The van der Waals surface area contributed by atoms with Crippen molar-refractivity contribution < 1.29 is 14.7 Å². The number of amides is 1. The summed E-state index contributed by atoms with van der Waals surface area (Å²) < 4.78 is 0. The molecule has 0 saturated heterocycles. The molecule has 2 N–H and O–H groups in total. The molecule has 0 aliphatic rings. The van der Waals surface area contributed by atoms with Gasteiger partial charge in [-0.2, -0.15) is 0 Å². The van der Waals surface area contributed by atoms with Gasteiger partial charge < -0.3 is 10.4 Å². The van der Waals surface area contributed by atoms with Gasteiger partial charge in [0.2, 0.25) is 5.91 Å². The molecule has 0 radical (unpaired) electrons. The van der Waals surface area contributed by atoms with Gasteiger partial charge in [0.15, 0.2) is 0 Å². The molecule has 0 fully saturated rings. The van der Waals surface area contributed by atoms with E-state index in [1.165, 1.54) is 0 Å². The SMILES string of the molecule is Cc1ccc(NC(=O)CC(C)CC(C)(C)C)c(C(=O)O)c1. The van der Waals surface area contributed by atoms with E-state index in [1.54, 1.807) is 18.2 Å². The molecule has 4 nitrogen and oxygen atoms in total. The van der Waals surface area contributed by atoms with Gasteiger partial charge in [0, 0.05) is 6.42 Å². The van der Waals surface area contributed by atoms with Crippen molar-refractivity contribution in [2.45, 2.75) is 47.5 Å². The highest BCUT2D eigenvalue weighted by atomic mass is 16.4. The smallest absolute Gasteiger partial charge is 0.337 e. The molecule has 116 valence electrons. The van der Waals surface area contributed by atoms with Crippen LogP contribution in [0.2, 0.25) is 0 Å². The standard InChI is InChI=1S/C17H25NO3/c1-11-6-7-14(13(8-11)16(20)21)18-15(19)9-12(2)10-17(3,4)5/h6-8,12H,9-10H2,1-5H3,(H,18,19)(H,20,21). The molecule has 1 aromatic rings. The molecular weight excluding hydrogens is 266 g/mol. The van der Waals surface area contributed by atoms with E-state index in [4.69, 9.17) is 0 Å². The third-order valence-electron chi connectivity index (χ3n) is 3.17. The highest BCUT2D eigenvalue weighted by Gasteiger charge is 2.19. The first kappa shape index (κ1) is 17.2. The largest absolute Gasteiger partial charge is 0.478 e. The summed E-state index contributed by atoms with van der Waals surface area (Å²) in [5.74, 6) is -0.918. The maximum atomic E-state index is 12.1. The Labute approximate surface area is 126 Å². The first-order chi connectivity index (χ1) is 9.58. The lowest BCUT2D eigenvalue weighted by atomic mass is 9.84. The minimum absolute atomic E-state index is 0.131. The Morgan fingerprint density at radius 3 is 2.43 bits per heavy atom. The molecular formula is C17H25NO3. The number of nitrogens with one attached hydrogen (secondary N) is 1. The van der Waals surface area contributed by atoms with Gasteiger partial charge in [-0.15, -0.1) is 0 Å². The predicted molar refractivity (Wildman–Crippen MR) is 84.6 cm³/mol. The van der Waals surface area contributed by atoms with E-state index in [9.17, 15) is 14.7 Å². The van der Waals surface area contributed by atoms with E-state index in [0.29, 0.717) is 12.1 Å². The Bertz CT molecular complexity index is 529. The number of carbonyl (C=O) groups excluding carboxylic acids is 1. The van der Waals surface area contributed by atoms with Crippen LogP contribution in [0.15, 0.2) is 18.2 Å². The Balaban J connectivity index is 2.73. The second-order valence-corrected chi connectivity index (χ2v) is 6.98. The molecule has 0 aliphatic heterocycles. The lowest BCUT2D eigenvalue weighted by molar-refractivity contribution is -0.117. The average Bonchev–Trinajstić information content (AvgIpc) is 2.28. The van der Waals surface area contributed by atoms with Crippen LogP contribution in [-0.4, -0.2) is 17.0 Å². The molecule has 1 amide bonds. The van der Waals surface area contributed by atoms with Gasteiger partial charge in [-0.05, 0) is 36.8 Å². The van der Waals surface area contributed by atoms with Crippen molar-refractivity contribution >= 4 is 17.6 Å². The third kappa shape index (κ3) is 5.98. The predicted octanol–water partition coefficient (Wildman–Crippen LogP) is 4.09. The van der Waals surface area contributed by atoms with Crippen LogP contribution < -0.4 is 5.32 Å². The quantitative estimate of drug-likeness (QED) is 0.858. The van der Waals surface area contributed by atoms with Gasteiger partial charge >= 0.3 is 5.97 Å².